The van der Waals surface area contributed by atoms with E-state index in [1.54, 1.807) is 13.0 Å². The Morgan fingerprint density at radius 2 is 1.97 bits per heavy atom. The SMILES string of the molecule is CC(C)C[C@H](CC(=O)CNC(=O)c1cc(Cl)ccc1Cl)B1OC[C@H](C)N(C)[C@H](C)C(=O)O1. The summed E-state index contributed by atoms with van der Waals surface area (Å²) >= 11 is 12.0. The number of likely N-dealkylation sites (N-methyl/N-ethyl adjacent to an activating group) is 1. The van der Waals surface area contributed by atoms with E-state index in [0.29, 0.717) is 18.1 Å². The number of carbonyl (C=O) groups is 3. The normalized spacial score (nSPS) is 21.0. The Kier molecular flexibility index (Phi) is 10.0. The standard InChI is InChI=1S/C22H31BCl2N2O5/c1-13(2)8-16(23-31-12-14(3)27(5)15(4)22(30)32-23)9-18(28)11-26-21(29)19-10-17(24)6-7-20(19)25/h6-7,10,13-16H,8-9,11-12H2,1-5H3,(H,26,29)/t14-,15+,16+/m0/s1. The van der Waals surface area contributed by atoms with Crippen molar-refractivity contribution in [2.24, 2.45) is 5.92 Å². The van der Waals surface area contributed by atoms with Crippen molar-refractivity contribution >= 4 is 48.0 Å². The van der Waals surface area contributed by atoms with Gasteiger partial charge >= 0.3 is 13.1 Å². The average molecular weight is 485 g/mol. The molecule has 1 aromatic rings. The lowest BCUT2D eigenvalue weighted by atomic mass is 9.65. The van der Waals surface area contributed by atoms with E-state index >= 15 is 0 Å². The fraction of sp³-hybridized carbons (Fsp3) is 0.591. The summed E-state index contributed by atoms with van der Waals surface area (Å²) < 4.78 is 11.6. The van der Waals surface area contributed by atoms with Crippen molar-refractivity contribution < 1.29 is 23.7 Å². The molecule has 0 saturated carbocycles. The summed E-state index contributed by atoms with van der Waals surface area (Å²) in [5.41, 5.74) is 0.204. The van der Waals surface area contributed by atoms with Gasteiger partial charge in [0.15, 0.2) is 5.78 Å². The van der Waals surface area contributed by atoms with Gasteiger partial charge in [-0.25, -0.2) is 0 Å². The van der Waals surface area contributed by atoms with E-state index in [1.807, 2.05) is 32.7 Å². The first-order chi connectivity index (χ1) is 15.0. The highest BCUT2D eigenvalue weighted by molar-refractivity contribution is 6.49. The van der Waals surface area contributed by atoms with Gasteiger partial charge in [-0.05, 0) is 51.4 Å². The van der Waals surface area contributed by atoms with Crippen LogP contribution >= 0.6 is 23.2 Å². The molecule has 1 heterocycles. The molecule has 1 aromatic carbocycles. The van der Waals surface area contributed by atoms with Crippen molar-refractivity contribution in [1.29, 1.82) is 0 Å². The van der Waals surface area contributed by atoms with Gasteiger partial charge in [-0.3, -0.25) is 19.3 Å². The number of nitrogens with one attached hydrogen (secondary N) is 1. The van der Waals surface area contributed by atoms with Crippen LogP contribution in [0.25, 0.3) is 0 Å². The number of rotatable bonds is 8. The lowest BCUT2D eigenvalue weighted by molar-refractivity contribution is -0.144. The molecule has 0 unspecified atom stereocenters. The number of amides is 1. The molecule has 2 rings (SSSR count). The van der Waals surface area contributed by atoms with E-state index in [9.17, 15) is 14.4 Å². The first kappa shape index (κ1) is 26.6. The first-order valence-electron chi connectivity index (χ1n) is 10.8. The summed E-state index contributed by atoms with van der Waals surface area (Å²) in [5, 5.41) is 3.22. The quantitative estimate of drug-likeness (QED) is 0.563. The Morgan fingerprint density at radius 3 is 2.62 bits per heavy atom. The van der Waals surface area contributed by atoms with Gasteiger partial charge in [0, 0.05) is 29.9 Å². The summed E-state index contributed by atoms with van der Waals surface area (Å²) in [6.45, 7) is 8.04. The topological polar surface area (TPSA) is 84.9 Å². The van der Waals surface area contributed by atoms with Gasteiger partial charge in [0.2, 0.25) is 0 Å². The molecule has 0 aliphatic carbocycles. The number of Topliss-reactive ketones (excluding diaryl/α,β-unsaturated/α-hetero) is 1. The van der Waals surface area contributed by atoms with Crippen molar-refractivity contribution in [3.8, 4) is 0 Å². The number of benzene rings is 1. The molecular weight excluding hydrogens is 454 g/mol. The second kappa shape index (κ2) is 12.0. The minimum atomic E-state index is -0.814. The van der Waals surface area contributed by atoms with Gasteiger partial charge in [0.25, 0.3) is 5.91 Å². The molecule has 176 valence electrons. The molecule has 32 heavy (non-hydrogen) atoms. The molecule has 1 fully saturated rings. The molecule has 0 radical (unpaired) electrons. The van der Waals surface area contributed by atoms with E-state index in [2.05, 4.69) is 5.32 Å². The molecule has 1 aliphatic heterocycles. The van der Waals surface area contributed by atoms with Crippen LogP contribution in [0, 0.1) is 5.92 Å². The van der Waals surface area contributed by atoms with Crippen LogP contribution in [0.3, 0.4) is 0 Å². The van der Waals surface area contributed by atoms with Gasteiger partial charge in [0.05, 0.1) is 17.1 Å². The zero-order valence-electron chi connectivity index (χ0n) is 19.2. The van der Waals surface area contributed by atoms with E-state index in [-0.39, 0.29) is 53.1 Å². The fourth-order valence-corrected chi connectivity index (χ4v) is 3.96. The molecule has 10 heteroatoms. The van der Waals surface area contributed by atoms with Crippen molar-refractivity contribution in [2.45, 2.75) is 58.4 Å². The number of hydrogen-bond donors (Lipinski definition) is 1. The van der Waals surface area contributed by atoms with Crippen LogP contribution < -0.4 is 5.32 Å². The van der Waals surface area contributed by atoms with Crippen LogP contribution in [-0.2, 0) is 18.9 Å². The van der Waals surface area contributed by atoms with E-state index in [0.717, 1.165) is 0 Å². The van der Waals surface area contributed by atoms with Crippen LogP contribution in [0.15, 0.2) is 18.2 Å². The molecule has 1 saturated heterocycles. The molecule has 0 aromatic heterocycles. The second-order valence-corrected chi connectivity index (χ2v) is 9.61. The summed E-state index contributed by atoms with van der Waals surface area (Å²) in [5.74, 6) is -1.11. The smallest absolute Gasteiger partial charge is 0.508 e. The number of carbonyl (C=O) groups excluding carboxylic acids is 3. The summed E-state index contributed by atoms with van der Waals surface area (Å²) in [6.07, 6.45) is 0.745. The number of nitrogens with zero attached hydrogens (tertiary/aromatic N) is 1. The zero-order chi connectivity index (χ0) is 24.0. The molecule has 1 amide bonds. The van der Waals surface area contributed by atoms with Crippen LogP contribution in [0.5, 0.6) is 0 Å². The highest BCUT2D eigenvalue weighted by atomic mass is 35.5. The minimum Gasteiger partial charge on any atom is -0.508 e. The summed E-state index contributed by atoms with van der Waals surface area (Å²) in [7, 11) is 1.04. The van der Waals surface area contributed by atoms with Gasteiger partial charge in [-0.1, -0.05) is 37.0 Å². The molecular formula is C22H31BCl2N2O5. The Morgan fingerprint density at radius 1 is 1.28 bits per heavy atom. The van der Waals surface area contributed by atoms with Crippen molar-refractivity contribution in [3.63, 3.8) is 0 Å². The van der Waals surface area contributed by atoms with E-state index in [4.69, 9.17) is 32.5 Å². The van der Waals surface area contributed by atoms with Gasteiger partial charge in [-0.15, -0.1) is 0 Å². The summed E-state index contributed by atoms with van der Waals surface area (Å²) in [4.78, 5) is 39.5. The zero-order valence-corrected chi connectivity index (χ0v) is 20.7. The Balaban J connectivity index is 2.04. The molecule has 3 atom stereocenters. The van der Waals surface area contributed by atoms with Crippen molar-refractivity contribution in [3.05, 3.63) is 33.8 Å². The second-order valence-electron chi connectivity index (χ2n) is 8.77. The lowest BCUT2D eigenvalue weighted by Gasteiger charge is -2.35. The molecule has 0 bridgehead atoms. The fourth-order valence-electron chi connectivity index (χ4n) is 3.59. The highest BCUT2D eigenvalue weighted by Crippen LogP contribution is 2.28. The lowest BCUT2D eigenvalue weighted by Crippen LogP contribution is -2.51. The molecule has 7 nitrogen and oxygen atoms in total. The number of halogens is 2. The third kappa shape index (κ3) is 7.47. The van der Waals surface area contributed by atoms with Gasteiger partial charge < -0.3 is 14.6 Å². The Bertz CT molecular complexity index is 839. The number of ketones is 1. The molecule has 0 spiro atoms. The Hall–Kier alpha value is -1.61. The van der Waals surface area contributed by atoms with Gasteiger partial charge in [0.1, 0.15) is 6.04 Å². The van der Waals surface area contributed by atoms with Crippen molar-refractivity contribution in [2.75, 3.05) is 20.2 Å². The van der Waals surface area contributed by atoms with E-state index in [1.165, 1.54) is 12.1 Å². The van der Waals surface area contributed by atoms with Crippen LogP contribution in [-0.4, -0.2) is 62.0 Å². The predicted molar refractivity (Wildman–Crippen MR) is 126 cm³/mol. The largest absolute Gasteiger partial charge is 0.531 e. The van der Waals surface area contributed by atoms with E-state index < -0.39 is 19.1 Å². The maximum atomic E-state index is 12.7. The van der Waals surface area contributed by atoms with Crippen LogP contribution in [0.4, 0.5) is 0 Å². The maximum Gasteiger partial charge on any atom is 0.531 e. The first-order valence-corrected chi connectivity index (χ1v) is 11.5. The Labute approximate surface area is 200 Å². The minimum absolute atomic E-state index is 0.0254. The molecule has 1 aliphatic rings. The van der Waals surface area contributed by atoms with Crippen LogP contribution in [0.1, 0.15) is 50.9 Å². The van der Waals surface area contributed by atoms with Gasteiger partial charge in [-0.2, -0.15) is 0 Å². The maximum absolute atomic E-state index is 12.7. The third-order valence-corrected chi connectivity index (χ3v) is 6.21. The predicted octanol–water partition coefficient (Wildman–Crippen LogP) is 3.87. The van der Waals surface area contributed by atoms with Crippen LogP contribution in [0.2, 0.25) is 15.9 Å². The monoisotopic (exact) mass is 484 g/mol. The third-order valence-electron chi connectivity index (χ3n) is 5.65. The highest BCUT2D eigenvalue weighted by Gasteiger charge is 2.40. The summed E-state index contributed by atoms with van der Waals surface area (Å²) in [6, 6.07) is 4.18. The number of hydrogen-bond acceptors (Lipinski definition) is 6. The van der Waals surface area contributed by atoms with Crippen molar-refractivity contribution in [1.82, 2.24) is 10.2 Å². The average Bonchev–Trinajstić information content (AvgIpc) is 2.73. The molecule has 1 N–H and O–H groups in total.